The van der Waals surface area contributed by atoms with E-state index in [1.54, 1.807) is 9.42 Å². The second kappa shape index (κ2) is 7.40. The summed E-state index contributed by atoms with van der Waals surface area (Å²) in [5.41, 5.74) is 0.300. The van der Waals surface area contributed by atoms with Gasteiger partial charge in [-0.25, -0.2) is 4.79 Å². The van der Waals surface area contributed by atoms with E-state index in [2.05, 4.69) is 20.4 Å². The number of piperazine rings is 1. The lowest BCUT2D eigenvalue weighted by Crippen LogP contribution is -2.50. The maximum Gasteiger partial charge on any atom is 0.416 e. The minimum atomic E-state index is -4.40. The van der Waals surface area contributed by atoms with Crippen molar-refractivity contribution in [1.29, 1.82) is 0 Å². The fourth-order valence-electron chi connectivity index (χ4n) is 3.64. The summed E-state index contributed by atoms with van der Waals surface area (Å²) in [5, 5.41) is 15.8. The van der Waals surface area contributed by atoms with Crippen LogP contribution in [0.4, 0.5) is 29.5 Å². The van der Waals surface area contributed by atoms with E-state index in [0.717, 1.165) is 42.3 Å². The lowest BCUT2D eigenvalue weighted by atomic mass is 10.2. The molecule has 2 fully saturated rings. The monoisotopic (exact) mass is 431 g/mol. The SMILES string of the molecule is O=C(Nc1ccc(C(F)(F)F)cc1)N1CCN(c2ccc3nnc(C4CC4)n3n2)CC1. The van der Waals surface area contributed by atoms with Crippen LogP contribution < -0.4 is 10.2 Å². The highest BCUT2D eigenvalue weighted by Gasteiger charge is 2.31. The number of urea groups is 1. The molecule has 31 heavy (non-hydrogen) atoms. The fourth-order valence-corrected chi connectivity index (χ4v) is 3.64. The number of amides is 2. The standard InChI is InChI=1S/C20H20F3N7O/c21-20(22,23)14-3-5-15(6-4-14)24-19(31)29-11-9-28(10-12-29)17-8-7-16-25-26-18(13-1-2-13)30(16)27-17/h3-8,13H,1-2,9-12H2,(H,24,31). The highest BCUT2D eigenvalue weighted by molar-refractivity contribution is 5.89. The molecular formula is C20H20F3N7O. The summed E-state index contributed by atoms with van der Waals surface area (Å²) in [6.07, 6.45) is -2.18. The van der Waals surface area contributed by atoms with Gasteiger partial charge in [-0.15, -0.1) is 15.3 Å². The lowest BCUT2D eigenvalue weighted by Gasteiger charge is -2.35. The fraction of sp³-hybridized carbons (Fsp3) is 0.400. The summed E-state index contributed by atoms with van der Waals surface area (Å²) < 4.78 is 39.8. The average Bonchev–Trinajstić information content (AvgIpc) is 3.52. The van der Waals surface area contributed by atoms with E-state index in [9.17, 15) is 18.0 Å². The number of rotatable bonds is 3. The molecule has 1 aliphatic heterocycles. The molecule has 0 radical (unpaired) electrons. The predicted octanol–water partition coefficient (Wildman–Crippen LogP) is 3.37. The molecule has 8 nitrogen and oxygen atoms in total. The van der Waals surface area contributed by atoms with Crippen LogP contribution in [0.2, 0.25) is 0 Å². The molecule has 11 heteroatoms. The summed E-state index contributed by atoms with van der Waals surface area (Å²) in [6.45, 7) is 2.15. The van der Waals surface area contributed by atoms with Crippen molar-refractivity contribution in [3.63, 3.8) is 0 Å². The molecule has 2 amide bonds. The molecule has 5 rings (SSSR count). The van der Waals surface area contributed by atoms with Crippen molar-refractivity contribution in [3.05, 3.63) is 47.8 Å². The number of aromatic nitrogens is 4. The highest BCUT2D eigenvalue weighted by atomic mass is 19.4. The van der Waals surface area contributed by atoms with Crippen LogP contribution in [-0.4, -0.2) is 56.9 Å². The first kappa shape index (κ1) is 19.6. The predicted molar refractivity (Wildman–Crippen MR) is 107 cm³/mol. The summed E-state index contributed by atoms with van der Waals surface area (Å²) in [6, 6.07) is 7.88. The zero-order valence-corrected chi connectivity index (χ0v) is 16.5. The van der Waals surface area contributed by atoms with E-state index in [1.165, 1.54) is 12.1 Å². The second-order valence-electron chi connectivity index (χ2n) is 7.77. The normalized spacial score (nSPS) is 17.3. The molecule has 0 spiro atoms. The van der Waals surface area contributed by atoms with E-state index in [4.69, 9.17) is 5.10 Å². The van der Waals surface area contributed by atoms with E-state index >= 15 is 0 Å². The van der Waals surface area contributed by atoms with Crippen molar-refractivity contribution < 1.29 is 18.0 Å². The van der Waals surface area contributed by atoms with Crippen LogP contribution in [0.5, 0.6) is 0 Å². The molecule has 2 aliphatic rings. The van der Waals surface area contributed by atoms with Gasteiger partial charge in [-0.1, -0.05) is 0 Å². The quantitative estimate of drug-likeness (QED) is 0.688. The molecule has 0 bridgehead atoms. The van der Waals surface area contributed by atoms with Gasteiger partial charge in [0, 0.05) is 37.8 Å². The van der Waals surface area contributed by atoms with Crippen molar-refractivity contribution in [2.24, 2.45) is 0 Å². The number of benzene rings is 1. The molecular weight excluding hydrogens is 411 g/mol. The van der Waals surface area contributed by atoms with Crippen LogP contribution in [0.25, 0.3) is 5.65 Å². The largest absolute Gasteiger partial charge is 0.416 e. The number of nitrogens with one attached hydrogen (secondary N) is 1. The number of fused-ring (bicyclic) bond motifs is 1. The van der Waals surface area contributed by atoms with Gasteiger partial charge >= 0.3 is 12.2 Å². The van der Waals surface area contributed by atoms with E-state index in [0.29, 0.717) is 37.8 Å². The minimum Gasteiger partial charge on any atom is -0.352 e. The number of alkyl halides is 3. The molecule has 1 saturated heterocycles. The van der Waals surface area contributed by atoms with Crippen LogP contribution >= 0.6 is 0 Å². The molecule has 1 N–H and O–H groups in total. The van der Waals surface area contributed by atoms with Gasteiger partial charge in [0.2, 0.25) is 0 Å². The van der Waals surface area contributed by atoms with Crippen molar-refractivity contribution in [3.8, 4) is 0 Å². The van der Waals surface area contributed by atoms with Gasteiger partial charge < -0.3 is 15.1 Å². The van der Waals surface area contributed by atoms with E-state index < -0.39 is 11.7 Å². The third kappa shape index (κ3) is 3.99. The second-order valence-corrected chi connectivity index (χ2v) is 7.77. The van der Waals surface area contributed by atoms with Gasteiger partial charge in [0.1, 0.15) is 5.82 Å². The first-order valence-corrected chi connectivity index (χ1v) is 10.1. The Morgan fingerprint density at radius 2 is 1.68 bits per heavy atom. The molecule has 1 aliphatic carbocycles. The van der Waals surface area contributed by atoms with Crippen LogP contribution in [0.15, 0.2) is 36.4 Å². The Morgan fingerprint density at radius 3 is 2.32 bits per heavy atom. The maximum atomic E-state index is 12.7. The zero-order valence-electron chi connectivity index (χ0n) is 16.5. The third-order valence-electron chi connectivity index (χ3n) is 5.57. The van der Waals surface area contributed by atoms with Gasteiger partial charge in [0.25, 0.3) is 0 Å². The summed E-state index contributed by atoms with van der Waals surface area (Å²) in [7, 11) is 0. The number of hydrogen-bond donors (Lipinski definition) is 1. The Balaban J connectivity index is 1.20. The minimum absolute atomic E-state index is 0.327. The molecule has 1 aromatic carbocycles. The van der Waals surface area contributed by atoms with Crippen molar-refractivity contribution in [2.45, 2.75) is 24.9 Å². The van der Waals surface area contributed by atoms with Gasteiger partial charge in [0.15, 0.2) is 11.5 Å². The number of hydrogen-bond acceptors (Lipinski definition) is 5. The molecule has 1 saturated carbocycles. The topological polar surface area (TPSA) is 78.7 Å². The Bertz CT molecular complexity index is 1100. The van der Waals surface area contributed by atoms with Gasteiger partial charge in [-0.05, 0) is 49.2 Å². The van der Waals surface area contributed by atoms with Crippen molar-refractivity contribution >= 4 is 23.2 Å². The third-order valence-corrected chi connectivity index (χ3v) is 5.57. The molecule has 0 atom stereocenters. The van der Waals surface area contributed by atoms with Crippen LogP contribution in [-0.2, 0) is 6.18 Å². The lowest BCUT2D eigenvalue weighted by molar-refractivity contribution is -0.137. The Kier molecular flexibility index (Phi) is 4.67. The smallest absolute Gasteiger partial charge is 0.352 e. The number of anilines is 2. The summed E-state index contributed by atoms with van der Waals surface area (Å²) >= 11 is 0. The van der Waals surface area contributed by atoms with Crippen LogP contribution in [0.3, 0.4) is 0 Å². The van der Waals surface area contributed by atoms with Crippen LogP contribution in [0.1, 0.15) is 30.1 Å². The van der Waals surface area contributed by atoms with E-state index in [1.807, 2.05) is 12.1 Å². The Labute approximate surface area is 175 Å². The molecule has 3 heterocycles. The number of nitrogens with zero attached hydrogens (tertiary/aromatic N) is 6. The molecule has 3 aromatic rings. The molecule has 2 aromatic heterocycles. The number of carbonyl (C=O) groups is 1. The number of halogens is 3. The summed E-state index contributed by atoms with van der Waals surface area (Å²) in [5.74, 6) is 2.13. The van der Waals surface area contributed by atoms with E-state index in [-0.39, 0.29) is 6.03 Å². The number of carbonyl (C=O) groups excluding carboxylic acids is 1. The summed E-state index contributed by atoms with van der Waals surface area (Å²) in [4.78, 5) is 16.2. The van der Waals surface area contributed by atoms with Gasteiger partial charge in [0.05, 0.1) is 5.56 Å². The van der Waals surface area contributed by atoms with Crippen LogP contribution in [0, 0.1) is 0 Å². The van der Waals surface area contributed by atoms with Crippen molar-refractivity contribution in [1.82, 2.24) is 24.7 Å². The average molecular weight is 431 g/mol. The Morgan fingerprint density at radius 1 is 0.968 bits per heavy atom. The molecule has 0 unspecified atom stereocenters. The maximum absolute atomic E-state index is 12.7. The Hall–Kier alpha value is -3.37. The van der Waals surface area contributed by atoms with Gasteiger partial charge in [-0.3, -0.25) is 0 Å². The first-order chi connectivity index (χ1) is 14.9. The zero-order chi connectivity index (χ0) is 21.6. The first-order valence-electron chi connectivity index (χ1n) is 10.1. The van der Waals surface area contributed by atoms with Gasteiger partial charge in [-0.2, -0.15) is 17.7 Å². The van der Waals surface area contributed by atoms with Crippen molar-refractivity contribution in [2.75, 3.05) is 36.4 Å². The highest BCUT2D eigenvalue weighted by Crippen LogP contribution is 2.38. The molecule has 162 valence electrons.